The summed E-state index contributed by atoms with van der Waals surface area (Å²) < 4.78 is 33.6. The number of halogens is 2. The first-order chi connectivity index (χ1) is 10.9. The quantitative estimate of drug-likeness (QED) is 0.909. The topological polar surface area (TPSA) is 81.7 Å². The predicted octanol–water partition coefficient (Wildman–Crippen LogP) is 3.15. The number of aromatic nitrogens is 5. The summed E-state index contributed by atoms with van der Waals surface area (Å²) in [6, 6.07) is 0.520. The lowest BCUT2D eigenvalue weighted by Crippen LogP contribution is -2.23. The van der Waals surface area contributed by atoms with E-state index in [2.05, 4.69) is 25.8 Å². The van der Waals surface area contributed by atoms with Crippen molar-refractivity contribution in [3.05, 3.63) is 17.8 Å². The van der Waals surface area contributed by atoms with Crippen LogP contribution < -0.4 is 5.32 Å². The molecule has 1 N–H and O–H groups in total. The number of rotatable bonds is 5. The molecule has 1 fully saturated rings. The molecule has 0 radical (unpaired) electrons. The Morgan fingerprint density at radius 2 is 2.04 bits per heavy atom. The van der Waals surface area contributed by atoms with E-state index in [1.54, 1.807) is 4.68 Å². The van der Waals surface area contributed by atoms with Crippen molar-refractivity contribution in [2.75, 3.05) is 5.32 Å². The van der Waals surface area contributed by atoms with E-state index in [0.29, 0.717) is 25.3 Å². The van der Waals surface area contributed by atoms with Gasteiger partial charge in [0, 0.05) is 24.8 Å². The van der Waals surface area contributed by atoms with Gasteiger partial charge in [-0.1, -0.05) is 10.3 Å². The van der Waals surface area contributed by atoms with Crippen molar-refractivity contribution in [1.29, 1.82) is 0 Å². The van der Waals surface area contributed by atoms with Crippen LogP contribution in [0.5, 0.6) is 0 Å². The molecule has 1 aliphatic rings. The Hall–Kier alpha value is -2.06. The summed E-state index contributed by atoms with van der Waals surface area (Å²) in [6.45, 7) is 4.45. The second kappa shape index (κ2) is 6.21. The van der Waals surface area contributed by atoms with Gasteiger partial charge in [-0.2, -0.15) is 0 Å². The highest BCUT2D eigenvalue weighted by Gasteiger charge is 2.37. The first-order valence-electron chi connectivity index (χ1n) is 7.79. The van der Waals surface area contributed by atoms with Gasteiger partial charge in [0.25, 0.3) is 0 Å². The van der Waals surface area contributed by atoms with Gasteiger partial charge in [-0.3, -0.25) is 0 Å². The maximum Gasteiger partial charge on any atom is 0.315 e. The lowest BCUT2D eigenvalue weighted by atomic mass is 9.87. The largest absolute Gasteiger partial charge is 0.408 e. The van der Waals surface area contributed by atoms with Crippen LogP contribution >= 0.6 is 0 Å². The molecule has 9 heteroatoms. The molecule has 0 aromatic carbocycles. The first-order valence-corrected chi connectivity index (χ1v) is 7.79. The van der Waals surface area contributed by atoms with Gasteiger partial charge >= 0.3 is 6.01 Å². The molecule has 2 aromatic heterocycles. The number of nitrogens with zero attached hydrogens (tertiary/aromatic N) is 5. The van der Waals surface area contributed by atoms with Crippen molar-refractivity contribution in [2.45, 2.75) is 64.0 Å². The molecule has 0 unspecified atom stereocenters. The van der Waals surface area contributed by atoms with Gasteiger partial charge in [-0.15, -0.1) is 10.2 Å². The van der Waals surface area contributed by atoms with Crippen LogP contribution in [0.4, 0.5) is 14.8 Å². The predicted molar refractivity (Wildman–Crippen MR) is 78.2 cm³/mol. The number of anilines is 1. The summed E-state index contributed by atoms with van der Waals surface area (Å²) >= 11 is 0. The number of nitrogens with one attached hydrogen (secondary N) is 1. The molecule has 3 rings (SSSR count). The van der Waals surface area contributed by atoms with Crippen LogP contribution in [0.25, 0.3) is 0 Å². The van der Waals surface area contributed by atoms with Gasteiger partial charge in [0.05, 0.1) is 12.7 Å². The Balaban J connectivity index is 1.55. The van der Waals surface area contributed by atoms with Crippen molar-refractivity contribution in [1.82, 2.24) is 25.2 Å². The highest BCUT2D eigenvalue weighted by molar-refractivity contribution is 5.19. The van der Waals surface area contributed by atoms with Crippen molar-refractivity contribution in [2.24, 2.45) is 0 Å². The van der Waals surface area contributed by atoms with Crippen LogP contribution in [-0.2, 0) is 6.54 Å². The maximum absolute atomic E-state index is 13.2. The van der Waals surface area contributed by atoms with E-state index in [9.17, 15) is 8.78 Å². The molecule has 0 spiro atoms. The van der Waals surface area contributed by atoms with Crippen molar-refractivity contribution in [3.8, 4) is 0 Å². The standard InChI is InChI=1S/C14H20F2N6O/c1-9(2)22-8-11(18-21-22)7-17-13-20-19-12(23-13)10-3-5-14(15,16)6-4-10/h8-10H,3-7H2,1-2H3,(H,17,20). The fraction of sp³-hybridized carbons (Fsp3) is 0.714. The minimum atomic E-state index is -2.56. The average molecular weight is 326 g/mol. The lowest BCUT2D eigenvalue weighted by molar-refractivity contribution is -0.0398. The molecule has 7 nitrogen and oxygen atoms in total. The van der Waals surface area contributed by atoms with E-state index in [1.807, 2.05) is 20.0 Å². The minimum Gasteiger partial charge on any atom is -0.408 e. The lowest BCUT2D eigenvalue weighted by Gasteiger charge is -2.25. The molecule has 23 heavy (non-hydrogen) atoms. The van der Waals surface area contributed by atoms with Gasteiger partial charge < -0.3 is 9.73 Å². The maximum atomic E-state index is 13.2. The van der Waals surface area contributed by atoms with E-state index >= 15 is 0 Å². The molecular formula is C14H20F2N6O. The summed E-state index contributed by atoms with van der Waals surface area (Å²) in [7, 11) is 0. The first kappa shape index (κ1) is 15.8. The third-order valence-corrected chi connectivity index (χ3v) is 4.01. The SMILES string of the molecule is CC(C)n1cc(CNc2nnc(C3CCC(F)(F)CC3)o2)nn1. The van der Waals surface area contributed by atoms with Crippen LogP contribution in [0.15, 0.2) is 10.6 Å². The highest BCUT2D eigenvalue weighted by Crippen LogP contribution is 2.40. The molecule has 2 aromatic rings. The molecular weight excluding hydrogens is 306 g/mol. The van der Waals surface area contributed by atoms with E-state index in [0.717, 1.165) is 5.69 Å². The fourth-order valence-corrected chi connectivity index (χ4v) is 2.57. The zero-order valence-corrected chi connectivity index (χ0v) is 13.2. The van der Waals surface area contributed by atoms with Gasteiger partial charge in [-0.25, -0.2) is 13.5 Å². The Labute approximate surface area is 132 Å². The van der Waals surface area contributed by atoms with Crippen LogP contribution in [0.2, 0.25) is 0 Å². The number of hydrogen-bond acceptors (Lipinski definition) is 6. The summed E-state index contributed by atoms with van der Waals surface area (Å²) in [5, 5.41) is 18.9. The normalized spacial score (nSPS) is 18.5. The monoisotopic (exact) mass is 326 g/mol. The molecule has 0 bridgehead atoms. The van der Waals surface area contributed by atoms with E-state index in [1.165, 1.54) is 0 Å². The van der Waals surface area contributed by atoms with Crippen LogP contribution in [0.1, 0.15) is 63.1 Å². The Bertz CT molecular complexity index is 643. The van der Waals surface area contributed by atoms with Gasteiger partial charge in [-0.05, 0) is 26.7 Å². The van der Waals surface area contributed by atoms with Crippen molar-refractivity contribution < 1.29 is 13.2 Å². The summed E-state index contributed by atoms with van der Waals surface area (Å²) in [5.74, 6) is -2.21. The third kappa shape index (κ3) is 3.83. The van der Waals surface area contributed by atoms with Crippen LogP contribution in [0, 0.1) is 0 Å². The third-order valence-electron chi connectivity index (χ3n) is 4.01. The van der Waals surface area contributed by atoms with E-state index < -0.39 is 5.92 Å². The van der Waals surface area contributed by atoms with E-state index in [4.69, 9.17) is 4.42 Å². The zero-order valence-electron chi connectivity index (χ0n) is 13.2. The van der Waals surface area contributed by atoms with Gasteiger partial charge in [0.2, 0.25) is 11.8 Å². The summed E-state index contributed by atoms with van der Waals surface area (Å²) in [5.41, 5.74) is 0.760. The fourth-order valence-electron chi connectivity index (χ4n) is 2.57. The van der Waals surface area contributed by atoms with Crippen LogP contribution in [-0.4, -0.2) is 31.1 Å². The molecule has 0 amide bonds. The summed E-state index contributed by atoms with van der Waals surface area (Å²) in [4.78, 5) is 0. The number of alkyl halides is 2. The molecule has 0 atom stereocenters. The highest BCUT2D eigenvalue weighted by atomic mass is 19.3. The Kier molecular flexibility index (Phi) is 4.27. The molecule has 1 aliphatic carbocycles. The summed E-state index contributed by atoms with van der Waals surface area (Å²) in [6.07, 6.45) is 2.34. The average Bonchev–Trinajstić information content (AvgIpc) is 3.14. The second-order valence-electron chi connectivity index (χ2n) is 6.21. The van der Waals surface area contributed by atoms with Crippen molar-refractivity contribution in [3.63, 3.8) is 0 Å². The van der Waals surface area contributed by atoms with Crippen molar-refractivity contribution >= 4 is 6.01 Å². The molecule has 2 heterocycles. The second-order valence-corrected chi connectivity index (χ2v) is 6.21. The molecule has 126 valence electrons. The zero-order chi connectivity index (χ0) is 16.4. The Morgan fingerprint density at radius 1 is 1.30 bits per heavy atom. The molecule has 0 saturated heterocycles. The van der Waals surface area contributed by atoms with E-state index in [-0.39, 0.29) is 30.8 Å². The number of hydrogen-bond donors (Lipinski definition) is 1. The molecule has 0 aliphatic heterocycles. The smallest absolute Gasteiger partial charge is 0.315 e. The van der Waals surface area contributed by atoms with Gasteiger partial charge in [0.15, 0.2) is 0 Å². The minimum absolute atomic E-state index is 0.0838. The Morgan fingerprint density at radius 3 is 2.70 bits per heavy atom. The molecule has 1 saturated carbocycles. The van der Waals surface area contributed by atoms with Crippen LogP contribution in [0.3, 0.4) is 0 Å². The van der Waals surface area contributed by atoms with Gasteiger partial charge in [0.1, 0.15) is 5.69 Å².